The minimum absolute atomic E-state index is 0.108. The van der Waals surface area contributed by atoms with Crippen molar-refractivity contribution in [2.24, 2.45) is 0 Å². The predicted molar refractivity (Wildman–Crippen MR) is 89.8 cm³/mol. The van der Waals surface area contributed by atoms with E-state index in [1.54, 1.807) is 0 Å². The highest BCUT2D eigenvalue weighted by Crippen LogP contribution is 2.27. The van der Waals surface area contributed by atoms with E-state index in [-0.39, 0.29) is 6.42 Å². The minimum atomic E-state index is -1.27. The first-order valence-corrected chi connectivity index (χ1v) is 7.68. The summed E-state index contributed by atoms with van der Waals surface area (Å²) >= 11 is 0. The van der Waals surface area contributed by atoms with Crippen LogP contribution in [0.1, 0.15) is 36.8 Å². The van der Waals surface area contributed by atoms with Gasteiger partial charge in [-0.1, -0.05) is 60.4 Å². The largest absolute Gasteiger partial charge is 0.481 e. The molecule has 2 aromatic carbocycles. The third-order valence-electron chi connectivity index (χ3n) is 3.62. The first kappa shape index (κ1) is 16.8. The summed E-state index contributed by atoms with van der Waals surface area (Å²) in [6.45, 7) is 0. The van der Waals surface area contributed by atoms with Crippen LogP contribution in [0.4, 0.5) is 0 Å². The lowest BCUT2D eigenvalue weighted by molar-refractivity contribution is -0.137. The lowest BCUT2D eigenvalue weighted by Gasteiger charge is -2.22. The maximum Gasteiger partial charge on any atom is 0.303 e. The molecule has 0 radical (unpaired) electrons. The Labute approximate surface area is 136 Å². The highest BCUT2D eigenvalue weighted by atomic mass is 16.4. The third kappa shape index (κ3) is 5.28. The van der Waals surface area contributed by atoms with Crippen LogP contribution in [0.15, 0.2) is 60.7 Å². The lowest BCUT2D eigenvalue weighted by atomic mass is 9.88. The van der Waals surface area contributed by atoms with E-state index in [2.05, 4.69) is 11.8 Å². The Morgan fingerprint density at radius 1 is 0.957 bits per heavy atom. The summed E-state index contributed by atoms with van der Waals surface area (Å²) < 4.78 is 0. The molecule has 1 unspecified atom stereocenters. The number of hydrogen-bond acceptors (Lipinski definition) is 2. The summed E-state index contributed by atoms with van der Waals surface area (Å²) in [6, 6.07) is 18.8. The Morgan fingerprint density at radius 2 is 1.57 bits per heavy atom. The van der Waals surface area contributed by atoms with Crippen LogP contribution in [-0.4, -0.2) is 16.2 Å². The van der Waals surface area contributed by atoms with Crippen LogP contribution in [0.2, 0.25) is 0 Å². The fourth-order valence-corrected chi connectivity index (χ4v) is 2.35. The van der Waals surface area contributed by atoms with E-state index in [0.717, 1.165) is 11.1 Å². The lowest BCUT2D eigenvalue weighted by Crippen LogP contribution is -2.23. The Kier molecular flexibility index (Phi) is 5.96. The summed E-state index contributed by atoms with van der Waals surface area (Å²) in [7, 11) is 0. The van der Waals surface area contributed by atoms with E-state index in [0.29, 0.717) is 19.3 Å². The second-order valence-electron chi connectivity index (χ2n) is 5.44. The molecule has 23 heavy (non-hydrogen) atoms. The fraction of sp³-hybridized carbons (Fsp3) is 0.250. The molecule has 3 nitrogen and oxygen atoms in total. The van der Waals surface area contributed by atoms with E-state index in [4.69, 9.17) is 5.11 Å². The quantitative estimate of drug-likeness (QED) is 0.633. The average molecular weight is 308 g/mol. The molecule has 0 aromatic heterocycles. The van der Waals surface area contributed by atoms with Crippen molar-refractivity contribution in [1.82, 2.24) is 0 Å². The zero-order valence-electron chi connectivity index (χ0n) is 12.9. The van der Waals surface area contributed by atoms with Crippen LogP contribution in [0.3, 0.4) is 0 Å². The highest BCUT2D eigenvalue weighted by Gasteiger charge is 2.26. The Bertz CT molecular complexity index is 683. The van der Waals surface area contributed by atoms with Crippen LogP contribution in [0.5, 0.6) is 0 Å². The molecular formula is C20H20O3. The molecule has 0 heterocycles. The maximum absolute atomic E-state index is 11.0. The van der Waals surface area contributed by atoms with Gasteiger partial charge in [0, 0.05) is 12.0 Å². The molecule has 0 amide bonds. The standard InChI is InChI=1S/C20H20O3/c21-19(22)13-7-8-15-20(23,18-11-5-2-6-12-18)16-14-17-9-3-1-4-10-17/h1-6,9-12,23H,7-8,13,15H2,(H,21,22). The van der Waals surface area contributed by atoms with Crippen molar-refractivity contribution in [2.75, 3.05) is 0 Å². The molecule has 0 bridgehead atoms. The van der Waals surface area contributed by atoms with Gasteiger partial charge in [0.25, 0.3) is 0 Å². The van der Waals surface area contributed by atoms with Crippen molar-refractivity contribution in [3.63, 3.8) is 0 Å². The summed E-state index contributed by atoms with van der Waals surface area (Å²) in [5.41, 5.74) is 0.307. The first-order chi connectivity index (χ1) is 11.1. The van der Waals surface area contributed by atoms with Gasteiger partial charge in [0.15, 0.2) is 5.60 Å². The van der Waals surface area contributed by atoms with E-state index in [9.17, 15) is 9.90 Å². The van der Waals surface area contributed by atoms with Gasteiger partial charge in [0.1, 0.15) is 0 Å². The topological polar surface area (TPSA) is 57.5 Å². The molecule has 1 atom stereocenters. The summed E-state index contributed by atoms with van der Waals surface area (Å²) in [5, 5.41) is 19.7. The highest BCUT2D eigenvalue weighted by molar-refractivity contribution is 5.66. The molecule has 0 spiro atoms. The monoisotopic (exact) mass is 308 g/mol. The van der Waals surface area contributed by atoms with E-state index < -0.39 is 11.6 Å². The van der Waals surface area contributed by atoms with Gasteiger partial charge < -0.3 is 10.2 Å². The molecule has 118 valence electrons. The second-order valence-corrected chi connectivity index (χ2v) is 5.44. The molecule has 0 saturated carbocycles. The molecule has 0 saturated heterocycles. The van der Waals surface area contributed by atoms with Crippen molar-refractivity contribution in [3.05, 3.63) is 71.8 Å². The number of carbonyl (C=O) groups is 1. The van der Waals surface area contributed by atoms with Crippen LogP contribution in [0, 0.1) is 11.8 Å². The summed E-state index contributed by atoms with van der Waals surface area (Å²) in [4.78, 5) is 10.6. The molecule has 3 heteroatoms. The first-order valence-electron chi connectivity index (χ1n) is 7.68. The zero-order valence-corrected chi connectivity index (χ0v) is 12.9. The molecule has 0 aliphatic carbocycles. The zero-order chi connectivity index (χ0) is 16.5. The van der Waals surface area contributed by atoms with Crippen molar-refractivity contribution < 1.29 is 15.0 Å². The van der Waals surface area contributed by atoms with Gasteiger partial charge in [-0.05, 0) is 37.0 Å². The van der Waals surface area contributed by atoms with E-state index in [1.807, 2.05) is 60.7 Å². The minimum Gasteiger partial charge on any atom is -0.481 e. The molecule has 2 N–H and O–H groups in total. The van der Waals surface area contributed by atoms with Crippen LogP contribution >= 0.6 is 0 Å². The molecule has 2 rings (SSSR count). The van der Waals surface area contributed by atoms with Crippen LogP contribution in [0.25, 0.3) is 0 Å². The van der Waals surface area contributed by atoms with Crippen LogP contribution < -0.4 is 0 Å². The third-order valence-corrected chi connectivity index (χ3v) is 3.62. The van der Waals surface area contributed by atoms with Gasteiger partial charge in [0.05, 0.1) is 0 Å². The predicted octanol–water partition coefficient (Wildman–Crippen LogP) is 3.57. The van der Waals surface area contributed by atoms with Gasteiger partial charge in [-0.25, -0.2) is 0 Å². The number of rotatable bonds is 6. The number of carboxylic acid groups (broad SMARTS) is 1. The summed E-state index contributed by atoms with van der Waals surface area (Å²) in [5.74, 6) is 5.18. The normalized spacial score (nSPS) is 12.7. The Morgan fingerprint density at radius 3 is 2.17 bits per heavy atom. The number of hydrogen-bond donors (Lipinski definition) is 2. The van der Waals surface area contributed by atoms with Gasteiger partial charge >= 0.3 is 5.97 Å². The molecule has 0 fully saturated rings. The number of aliphatic carboxylic acids is 1. The van der Waals surface area contributed by atoms with Gasteiger partial charge in [-0.3, -0.25) is 4.79 Å². The molecular weight excluding hydrogens is 288 g/mol. The Balaban J connectivity index is 2.18. The van der Waals surface area contributed by atoms with Gasteiger partial charge in [0.2, 0.25) is 0 Å². The fourth-order valence-electron chi connectivity index (χ4n) is 2.35. The number of benzene rings is 2. The maximum atomic E-state index is 11.0. The van der Waals surface area contributed by atoms with E-state index in [1.165, 1.54) is 0 Å². The summed E-state index contributed by atoms with van der Waals surface area (Å²) in [6.07, 6.45) is 1.64. The van der Waals surface area contributed by atoms with E-state index >= 15 is 0 Å². The number of carboxylic acids is 1. The van der Waals surface area contributed by atoms with Crippen molar-refractivity contribution in [3.8, 4) is 11.8 Å². The molecule has 0 aliphatic rings. The number of unbranched alkanes of at least 4 members (excludes halogenated alkanes) is 1. The van der Waals surface area contributed by atoms with Crippen molar-refractivity contribution >= 4 is 5.97 Å². The number of aliphatic hydroxyl groups is 1. The van der Waals surface area contributed by atoms with Gasteiger partial charge in [-0.15, -0.1) is 0 Å². The molecule has 0 aliphatic heterocycles. The van der Waals surface area contributed by atoms with Crippen molar-refractivity contribution in [1.29, 1.82) is 0 Å². The second kappa shape index (κ2) is 8.17. The SMILES string of the molecule is O=C(O)CCCCC(O)(C#Cc1ccccc1)c1ccccc1. The Hall–Kier alpha value is -2.57. The molecule has 2 aromatic rings. The van der Waals surface area contributed by atoms with Gasteiger partial charge in [-0.2, -0.15) is 0 Å². The van der Waals surface area contributed by atoms with Crippen LogP contribution in [-0.2, 0) is 10.4 Å². The van der Waals surface area contributed by atoms with Crippen molar-refractivity contribution in [2.45, 2.75) is 31.3 Å². The average Bonchev–Trinajstić information content (AvgIpc) is 2.58. The smallest absolute Gasteiger partial charge is 0.303 e.